The average molecular weight is 458 g/mol. The highest BCUT2D eigenvalue weighted by Crippen LogP contribution is 2.45. The lowest BCUT2D eigenvalue weighted by molar-refractivity contribution is -0.137. The van der Waals surface area contributed by atoms with Crippen LogP contribution >= 0.6 is 0 Å². The molecule has 0 aliphatic carbocycles. The second-order valence-electron chi connectivity index (χ2n) is 8.03. The smallest absolute Gasteiger partial charge is 0.416 e. The van der Waals surface area contributed by atoms with Crippen molar-refractivity contribution >= 4 is 29.5 Å². The topological polar surface area (TPSA) is 75.7 Å². The number of nitrogens with one attached hydrogen (secondary N) is 1. The standard InChI is InChI=1S/C24H21F3N2O4/c1-33-21(31)16-6-8-19-18(14-16)23(22(32)28-19)10-12-29(13-11-23)20(30)9-7-15-4-2-3-5-17(15)24(25,26)27/h2-9,14H,10-13H2,1H3,(H,28,32). The van der Waals surface area contributed by atoms with Crippen molar-refractivity contribution in [3.05, 3.63) is 70.8 Å². The van der Waals surface area contributed by atoms with Crippen molar-refractivity contribution in [2.45, 2.75) is 24.4 Å². The first kappa shape index (κ1) is 22.6. The van der Waals surface area contributed by atoms with Gasteiger partial charge >= 0.3 is 12.1 Å². The van der Waals surface area contributed by atoms with E-state index >= 15 is 0 Å². The van der Waals surface area contributed by atoms with E-state index in [2.05, 4.69) is 5.32 Å². The summed E-state index contributed by atoms with van der Waals surface area (Å²) in [6.45, 7) is 0.499. The molecule has 4 rings (SSSR count). The Morgan fingerprint density at radius 2 is 1.82 bits per heavy atom. The average Bonchev–Trinajstić information content (AvgIpc) is 3.07. The molecule has 0 bridgehead atoms. The number of carbonyl (C=O) groups is 3. The number of likely N-dealkylation sites (tertiary alicyclic amines) is 1. The maximum atomic E-state index is 13.2. The Kier molecular flexibility index (Phi) is 5.73. The number of benzene rings is 2. The van der Waals surface area contributed by atoms with E-state index in [1.807, 2.05) is 0 Å². The third-order valence-electron chi connectivity index (χ3n) is 6.24. The number of esters is 1. The summed E-state index contributed by atoms with van der Waals surface area (Å²) in [5.41, 5.74) is -0.133. The Bertz CT molecular complexity index is 1150. The first-order chi connectivity index (χ1) is 15.7. The fraction of sp³-hybridized carbons (Fsp3) is 0.292. The molecule has 0 atom stereocenters. The van der Waals surface area contributed by atoms with Crippen LogP contribution in [0.15, 0.2) is 48.5 Å². The van der Waals surface area contributed by atoms with Crippen LogP contribution in [-0.2, 0) is 25.9 Å². The number of rotatable bonds is 3. The van der Waals surface area contributed by atoms with Crippen LogP contribution in [0.4, 0.5) is 18.9 Å². The summed E-state index contributed by atoms with van der Waals surface area (Å²) in [7, 11) is 1.28. The maximum Gasteiger partial charge on any atom is 0.416 e. The molecule has 9 heteroatoms. The van der Waals surface area contributed by atoms with E-state index in [1.165, 1.54) is 30.2 Å². The van der Waals surface area contributed by atoms with Crippen molar-refractivity contribution in [1.29, 1.82) is 0 Å². The monoisotopic (exact) mass is 458 g/mol. The molecular formula is C24H21F3N2O4. The molecule has 6 nitrogen and oxygen atoms in total. The molecule has 33 heavy (non-hydrogen) atoms. The molecule has 1 fully saturated rings. The van der Waals surface area contributed by atoms with Gasteiger partial charge in [0.15, 0.2) is 0 Å². The van der Waals surface area contributed by atoms with Gasteiger partial charge in [-0.25, -0.2) is 4.79 Å². The summed E-state index contributed by atoms with van der Waals surface area (Å²) in [6.07, 6.45) is -1.57. The number of hydrogen-bond donors (Lipinski definition) is 1. The van der Waals surface area contributed by atoms with Gasteiger partial charge in [0, 0.05) is 24.9 Å². The molecular weight excluding hydrogens is 437 g/mol. The second-order valence-corrected chi connectivity index (χ2v) is 8.03. The second kappa shape index (κ2) is 8.38. The minimum Gasteiger partial charge on any atom is -0.465 e. The van der Waals surface area contributed by atoms with Crippen LogP contribution in [0.25, 0.3) is 6.08 Å². The summed E-state index contributed by atoms with van der Waals surface area (Å²) in [6, 6.07) is 9.91. The largest absolute Gasteiger partial charge is 0.465 e. The number of nitrogens with zero attached hydrogens (tertiary/aromatic N) is 1. The molecule has 0 radical (unpaired) electrons. The van der Waals surface area contributed by atoms with Gasteiger partial charge in [-0.05, 0) is 54.3 Å². The van der Waals surface area contributed by atoms with Crippen molar-refractivity contribution in [2.24, 2.45) is 0 Å². The van der Waals surface area contributed by atoms with Gasteiger partial charge in [-0.1, -0.05) is 18.2 Å². The summed E-state index contributed by atoms with van der Waals surface area (Å²) < 4.78 is 44.2. The highest BCUT2D eigenvalue weighted by Gasteiger charge is 2.49. The number of fused-ring (bicyclic) bond motifs is 2. The first-order valence-corrected chi connectivity index (χ1v) is 10.3. The molecule has 2 aliphatic heterocycles. The summed E-state index contributed by atoms with van der Waals surface area (Å²) >= 11 is 0. The van der Waals surface area contributed by atoms with Gasteiger partial charge < -0.3 is 15.0 Å². The summed E-state index contributed by atoms with van der Waals surface area (Å²) in [5, 5.41) is 2.84. The molecule has 1 saturated heterocycles. The first-order valence-electron chi connectivity index (χ1n) is 10.3. The highest BCUT2D eigenvalue weighted by atomic mass is 19.4. The molecule has 1 spiro atoms. The highest BCUT2D eigenvalue weighted by molar-refractivity contribution is 6.07. The zero-order valence-corrected chi connectivity index (χ0v) is 17.7. The molecule has 2 aliphatic rings. The molecule has 2 amide bonds. The predicted octanol–water partition coefficient (Wildman–Crippen LogP) is 4.02. The van der Waals surface area contributed by atoms with Crippen molar-refractivity contribution in [3.63, 3.8) is 0 Å². The van der Waals surface area contributed by atoms with Crippen LogP contribution in [0.5, 0.6) is 0 Å². The fourth-order valence-electron chi connectivity index (χ4n) is 4.43. The van der Waals surface area contributed by atoms with Crippen molar-refractivity contribution < 1.29 is 32.3 Å². The number of alkyl halides is 3. The predicted molar refractivity (Wildman–Crippen MR) is 114 cm³/mol. The van der Waals surface area contributed by atoms with Crippen molar-refractivity contribution in [1.82, 2.24) is 4.90 Å². The normalized spacial score (nSPS) is 17.2. The van der Waals surface area contributed by atoms with E-state index in [0.29, 0.717) is 29.7 Å². The number of anilines is 1. The van der Waals surface area contributed by atoms with Crippen LogP contribution < -0.4 is 5.32 Å². The summed E-state index contributed by atoms with van der Waals surface area (Å²) in [5.74, 6) is -1.13. The Hall–Kier alpha value is -3.62. The third-order valence-corrected chi connectivity index (χ3v) is 6.24. The number of hydrogen-bond acceptors (Lipinski definition) is 4. The van der Waals surface area contributed by atoms with Crippen molar-refractivity contribution in [2.75, 3.05) is 25.5 Å². The molecule has 2 aromatic carbocycles. The molecule has 1 N–H and O–H groups in total. The van der Waals surface area contributed by atoms with Crippen LogP contribution in [0.2, 0.25) is 0 Å². The van der Waals surface area contributed by atoms with Crippen LogP contribution in [0.3, 0.4) is 0 Å². The third kappa shape index (κ3) is 4.10. The van der Waals surface area contributed by atoms with Gasteiger partial charge in [-0.3, -0.25) is 9.59 Å². The molecule has 0 unspecified atom stereocenters. The lowest BCUT2D eigenvalue weighted by Crippen LogP contribution is -2.48. The minimum atomic E-state index is -4.52. The Morgan fingerprint density at radius 1 is 1.12 bits per heavy atom. The number of ether oxygens (including phenoxy) is 1. The quantitative estimate of drug-likeness (QED) is 0.557. The SMILES string of the molecule is COC(=O)c1ccc2c(c1)C1(CCN(C(=O)C=Cc3ccccc3C(F)(F)F)CC1)C(=O)N2. The minimum absolute atomic E-state index is 0.0914. The summed E-state index contributed by atoms with van der Waals surface area (Å²) in [4.78, 5) is 38.9. The van der Waals surface area contributed by atoms with Gasteiger partial charge in [-0.15, -0.1) is 0 Å². The van der Waals surface area contributed by atoms with Gasteiger partial charge in [0.25, 0.3) is 0 Å². The molecule has 2 heterocycles. The van der Waals surface area contributed by atoms with E-state index in [9.17, 15) is 27.6 Å². The number of amides is 2. The lowest BCUT2D eigenvalue weighted by atomic mass is 9.73. The maximum absolute atomic E-state index is 13.2. The number of halogens is 3. The van der Waals surface area contributed by atoms with Crippen LogP contribution in [-0.4, -0.2) is 42.9 Å². The Balaban J connectivity index is 1.50. The number of carbonyl (C=O) groups excluding carboxylic acids is 3. The lowest BCUT2D eigenvalue weighted by Gasteiger charge is -2.37. The zero-order valence-electron chi connectivity index (χ0n) is 17.7. The molecule has 0 aromatic heterocycles. The van der Waals surface area contributed by atoms with E-state index < -0.39 is 29.0 Å². The van der Waals surface area contributed by atoms with E-state index in [0.717, 1.165) is 18.2 Å². The van der Waals surface area contributed by atoms with Crippen molar-refractivity contribution in [3.8, 4) is 0 Å². The van der Waals surface area contributed by atoms with E-state index in [4.69, 9.17) is 4.74 Å². The number of methoxy groups -OCH3 is 1. The van der Waals surface area contributed by atoms with Crippen LogP contribution in [0, 0.1) is 0 Å². The van der Waals surface area contributed by atoms with Gasteiger partial charge in [0.05, 0.1) is 23.7 Å². The Morgan fingerprint density at radius 3 is 2.48 bits per heavy atom. The molecule has 2 aromatic rings. The Labute approximate surface area is 188 Å². The molecule has 0 saturated carbocycles. The van der Waals surface area contributed by atoms with E-state index in [-0.39, 0.29) is 24.6 Å². The van der Waals surface area contributed by atoms with Gasteiger partial charge in [0.2, 0.25) is 11.8 Å². The fourth-order valence-corrected chi connectivity index (χ4v) is 4.43. The number of piperidine rings is 1. The molecule has 172 valence electrons. The van der Waals surface area contributed by atoms with Gasteiger partial charge in [-0.2, -0.15) is 13.2 Å². The van der Waals surface area contributed by atoms with Crippen LogP contribution in [0.1, 0.15) is 39.9 Å². The van der Waals surface area contributed by atoms with E-state index in [1.54, 1.807) is 18.2 Å². The van der Waals surface area contributed by atoms with Gasteiger partial charge in [0.1, 0.15) is 0 Å². The zero-order chi connectivity index (χ0) is 23.8.